The molecule has 0 bridgehead atoms. The summed E-state index contributed by atoms with van der Waals surface area (Å²) in [5, 5.41) is 3.13. The number of hydrogen-bond donors (Lipinski definition) is 1. The van der Waals surface area contributed by atoms with Crippen LogP contribution in [0.1, 0.15) is 18.9 Å². The van der Waals surface area contributed by atoms with E-state index in [2.05, 4.69) is 34.4 Å². The molecule has 2 atom stereocenters. The van der Waals surface area contributed by atoms with Gasteiger partial charge in [0.1, 0.15) is 0 Å². The molecule has 0 radical (unpaired) electrons. The summed E-state index contributed by atoms with van der Waals surface area (Å²) in [6.07, 6.45) is 3.59. The van der Waals surface area contributed by atoms with Gasteiger partial charge >= 0.3 is 0 Å². The van der Waals surface area contributed by atoms with Crippen molar-refractivity contribution in [1.29, 1.82) is 0 Å². The lowest BCUT2D eigenvalue weighted by atomic mass is 9.88. The summed E-state index contributed by atoms with van der Waals surface area (Å²) in [6.45, 7) is 1.67. The molecule has 0 aliphatic carbocycles. The molecule has 1 aromatic heterocycles. The molecule has 1 amide bonds. The summed E-state index contributed by atoms with van der Waals surface area (Å²) >= 11 is 0. The first-order valence-corrected chi connectivity index (χ1v) is 9.25. The van der Waals surface area contributed by atoms with Gasteiger partial charge in [0.15, 0.2) is 0 Å². The first-order chi connectivity index (χ1) is 13.2. The minimum atomic E-state index is -0.0561. The molecule has 0 spiro atoms. The van der Waals surface area contributed by atoms with Crippen molar-refractivity contribution in [3.63, 3.8) is 0 Å². The Labute approximate surface area is 167 Å². The molecule has 1 aliphatic heterocycles. The Morgan fingerprint density at radius 2 is 1.79 bits per heavy atom. The zero-order valence-corrected chi connectivity index (χ0v) is 15.4. The van der Waals surface area contributed by atoms with Crippen molar-refractivity contribution in [3.8, 4) is 11.1 Å². The number of aromatic nitrogens is 1. The van der Waals surface area contributed by atoms with Crippen LogP contribution < -0.4 is 5.32 Å². The van der Waals surface area contributed by atoms with E-state index in [1.807, 2.05) is 60.8 Å². The number of benzene rings is 2. The highest BCUT2D eigenvalue weighted by Gasteiger charge is 2.36. The number of carbonyl (C=O) groups excluding carboxylic acids is 1. The van der Waals surface area contributed by atoms with Gasteiger partial charge in [-0.1, -0.05) is 56.0 Å². The third-order valence-electron chi connectivity index (χ3n) is 5.19. The predicted molar refractivity (Wildman–Crippen MR) is 115 cm³/mol. The summed E-state index contributed by atoms with van der Waals surface area (Å²) in [5.41, 5.74) is 4.13. The maximum Gasteiger partial charge on any atom is 0.229 e. The van der Waals surface area contributed by atoms with Gasteiger partial charge in [0, 0.05) is 42.7 Å². The number of carbonyl (C=O) groups is 1. The van der Waals surface area contributed by atoms with E-state index in [9.17, 15) is 4.79 Å². The summed E-state index contributed by atoms with van der Waals surface area (Å²) in [5.74, 6) is 0.244. The molecule has 1 fully saturated rings. The van der Waals surface area contributed by atoms with Gasteiger partial charge in [-0.15, -0.1) is 0 Å². The number of nitrogens with one attached hydrogen (secondary N) is 1. The third kappa shape index (κ3) is 4.29. The zero-order valence-electron chi connectivity index (χ0n) is 15.4. The second kappa shape index (κ2) is 8.81. The topological polar surface area (TPSA) is 45.2 Å². The van der Waals surface area contributed by atoms with Gasteiger partial charge in [-0.05, 0) is 36.4 Å². The van der Waals surface area contributed by atoms with Crippen LogP contribution in [0.25, 0.3) is 11.1 Å². The highest BCUT2D eigenvalue weighted by Crippen LogP contribution is 2.33. The molecular formula is C24H27N3O. The monoisotopic (exact) mass is 373 g/mol. The fourth-order valence-electron chi connectivity index (χ4n) is 3.85. The van der Waals surface area contributed by atoms with E-state index in [0.717, 1.165) is 29.9 Å². The molecule has 1 aliphatic rings. The SMILES string of the molecule is C.CN1CC(C(=O)Nc2cccc(-c3cccnc3)c2)C(c2ccccc2)C1. The molecule has 3 aromatic rings. The Bertz CT molecular complexity index is 911. The van der Waals surface area contributed by atoms with Gasteiger partial charge in [0.05, 0.1) is 5.92 Å². The van der Waals surface area contributed by atoms with Crippen molar-refractivity contribution in [2.45, 2.75) is 13.3 Å². The molecule has 4 heteroatoms. The summed E-state index contributed by atoms with van der Waals surface area (Å²) in [7, 11) is 2.08. The normalized spacial score (nSPS) is 19.0. The number of hydrogen-bond acceptors (Lipinski definition) is 3. The zero-order chi connectivity index (χ0) is 18.6. The van der Waals surface area contributed by atoms with Gasteiger partial charge in [-0.3, -0.25) is 9.78 Å². The van der Waals surface area contributed by atoms with Crippen molar-refractivity contribution >= 4 is 11.6 Å². The second-order valence-electron chi connectivity index (χ2n) is 7.16. The number of likely N-dealkylation sites (N-methyl/N-ethyl adjacent to an activating group) is 1. The molecule has 4 nitrogen and oxygen atoms in total. The second-order valence-corrected chi connectivity index (χ2v) is 7.16. The van der Waals surface area contributed by atoms with Crippen LogP contribution in [0, 0.1) is 5.92 Å². The van der Waals surface area contributed by atoms with Crippen molar-refractivity contribution in [2.75, 3.05) is 25.5 Å². The Morgan fingerprint density at radius 3 is 2.54 bits per heavy atom. The highest BCUT2D eigenvalue weighted by molar-refractivity contribution is 5.94. The molecule has 1 N–H and O–H groups in total. The predicted octanol–water partition coefficient (Wildman–Crippen LogP) is 4.67. The average Bonchev–Trinajstić information content (AvgIpc) is 3.11. The number of nitrogens with zero attached hydrogens (tertiary/aromatic N) is 2. The van der Waals surface area contributed by atoms with E-state index in [1.165, 1.54) is 5.56 Å². The van der Waals surface area contributed by atoms with Crippen LogP contribution in [-0.2, 0) is 4.79 Å². The van der Waals surface area contributed by atoms with Crippen LogP contribution in [0.4, 0.5) is 5.69 Å². The first-order valence-electron chi connectivity index (χ1n) is 9.25. The average molecular weight is 374 g/mol. The highest BCUT2D eigenvalue weighted by atomic mass is 16.2. The number of likely N-dealkylation sites (tertiary alicyclic amines) is 1. The molecule has 2 unspecified atom stereocenters. The molecule has 144 valence electrons. The fourth-order valence-corrected chi connectivity index (χ4v) is 3.85. The van der Waals surface area contributed by atoms with Crippen molar-refractivity contribution in [3.05, 3.63) is 84.7 Å². The largest absolute Gasteiger partial charge is 0.326 e. The lowest BCUT2D eigenvalue weighted by Crippen LogP contribution is -2.28. The van der Waals surface area contributed by atoms with Gasteiger partial charge in [0.25, 0.3) is 0 Å². The van der Waals surface area contributed by atoms with Crippen LogP contribution in [0.2, 0.25) is 0 Å². The molecule has 28 heavy (non-hydrogen) atoms. The number of anilines is 1. The van der Waals surface area contributed by atoms with Crippen molar-refractivity contribution < 1.29 is 4.79 Å². The lowest BCUT2D eigenvalue weighted by molar-refractivity contribution is -0.119. The van der Waals surface area contributed by atoms with Crippen LogP contribution in [0.5, 0.6) is 0 Å². The Balaban J connectivity index is 0.00000225. The van der Waals surface area contributed by atoms with Crippen LogP contribution >= 0.6 is 0 Å². The van der Waals surface area contributed by atoms with E-state index in [-0.39, 0.29) is 25.2 Å². The van der Waals surface area contributed by atoms with E-state index < -0.39 is 0 Å². The van der Waals surface area contributed by atoms with Crippen LogP contribution in [-0.4, -0.2) is 35.9 Å². The summed E-state index contributed by atoms with van der Waals surface area (Å²) < 4.78 is 0. The Morgan fingerprint density at radius 1 is 1.00 bits per heavy atom. The lowest BCUT2D eigenvalue weighted by Gasteiger charge is -2.19. The molecule has 1 saturated heterocycles. The number of rotatable bonds is 4. The third-order valence-corrected chi connectivity index (χ3v) is 5.19. The Kier molecular flexibility index (Phi) is 6.22. The molecule has 4 rings (SSSR count). The van der Waals surface area contributed by atoms with Gasteiger partial charge in [0.2, 0.25) is 5.91 Å². The van der Waals surface area contributed by atoms with E-state index in [4.69, 9.17) is 0 Å². The van der Waals surface area contributed by atoms with Gasteiger partial charge in [-0.2, -0.15) is 0 Å². The molecule has 2 aromatic carbocycles. The van der Waals surface area contributed by atoms with Gasteiger partial charge in [-0.25, -0.2) is 0 Å². The molecule has 2 heterocycles. The number of amides is 1. The maximum absolute atomic E-state index is 13.0. The van der Waals surface area contributed by atoms with E-state index in [1.54, 1.807) is 6.20 Å². The molecule has 0 saturated carbocycles. The van der Waals surface area contributed by atoms with E-state index >= 15 is 0 Å². The summed E-state index contributed by atoms with van der Waals surface area (Å²) in [4.78, 5) is 19.4. The quantitative estimate of drug-likeness (QED) is 0.723. The summed E-state index contributed by atoms with van der Waals surface area (Å²) in [6, 6.07) is 22.2. The fraction of sp³-hybridized carbons (Fsp3) is 0.250. The van der Waals surface area contributed by atoms with E-state index in [0.29, 0.717) is 0 Å². The van der Waals surface area contributed by atoms with Crippen LogP contribution in [0.3, 0.4) is 0 Å². The molecular weight excluding hydrogens is 346 g/mol. The van der Waals surface area contributed by atoms with Crippen molar-refractivity contribution in [1.82, 2.24) is 9.88 Å². The minimum Gasteiger partial charge on any atom is -0.326 e. The van der Waals surface area contributed by atoms with Crippen LogP contribution in [0.15, 0.2) is 79.1 Å². The first kappa shape index (κ1) is 19.8. The Hall–Kier alpha value is -2.98. The standard InChI is InChI=1S/C23H23N3O.CH4/c1-26-15-21(17-7-3-2-4-8-17)22(16-26)23(27)25-20-11-5-9-18(13-20)19-10-6-12-24-14-19;/h2-14,21-22H,15-16H2,1H3,(H,25,27);1H4. The minimum absolute atomic E-state index is 0. The smallest absolute Gasteiger partial charge is 0.229 e. The number of pyridine rings is 1. The van der Waals surface area contributed by atoms with Crippen molar-refractivity contribution in [2.24, 2.45) is 5.92 Å². The van der Waals surface area contributed by atoms with Gasteiger partial charge < -0.3 is 10.2 Å². The maximum atomic E-state index is 13.0.